The van der Waals surface area contributed by atoms with E-state index >= 15 is 0 Å². The van der Waals surface area contributed by atoms with Gasteiger partial charge in [0.15, 0.2) is 0 Å². The first kappa shape index (κ1) is 22.6. The van der Waals surface area contributed by atoms with Gasteiger partial charge in [-0.25, -0.2) is 9.78 Å². The molecule has 3 aromatic carbocycles. The molecule has 1 amide bonds. The van der Waals surface area contributed by atoms with Crippen LogP contribution in [0.2, 0.25) is 0 Å². The number of imidazole rings is 1. The van der Waals surface area contributed by atoms with Crippen LogP contribution in [0, 0.1) is 29.6 Å². The fourth-order valence-corrected chi connectivity index (χ4v) is 4.00. The van der Waals surface area contributed by atoms with Gasteiger partial charge in [-0.3, -0.25) is 4.90 Å². The second-order valence-corrected chi connectivity index (χ2v) is 8.22. The molecule has 0 aliphatic heterocycles. The van der Waals surface area contributed by atoms with Crippen molar-refractivity contribution in [3.8, 4) is 12.1 Å². The van der Waals surface area contributed by atoms with Gasteiger partial charge in [0.2, 0.25) is 0 Å². The smallest absolute Gasteiger partial charge is 0.407 e. The topological polar surface area (TPSA) is 117 Å². The van der Waals surface area contributed by atoms with E-state index in [1.165, 1.54) is 4.90 Å². The standard InChI is InChI=1S/C27H23N5O2/c1-18-30-25-11-8-22(13-26(25)31-18)16-32(27(33)34)17-24-10-7-21(15-29)12-23(24)9-6-19-2-4-20(14-28)5-3-19/h2-5,7-8,10-13H,6,9,16-17H2,1H3,(H,30,31)(H,33,34). The van der Waals surface area contributed by atoms with Crippen molar-refractivity contribution in [1.82, 2.24) is 14.9 Å². The van der Waals surface area contributed by atoms with E-state index in [2.05, 4.69) is 22.1 Å². The first-order chi connectivity index (χ1) is 16.4. The monoisotopic (exact) mass is 449 g/mol. The molecule has 0 saturated carbocycles. The number of nitriles is 2. The third-order valence-corrected chi connectivity index (χ3v) is 5.77. The normalized spacial score (nSPS) is 10.6. The van der Waals surface area contributed by atoms with Crippen molar-refractivity contribution in [2.45, 2.75) is 32.9 Å². The molecule has 0 atom stereocenters. The van der Waals surface area contributed by atoms with E-state index in [1.807, 2.05) is 49.4 Å². The summed E-state index contributed by atoms with van der Waals surface area (Å²) in [6.07, 6.45) is 0.360. The number of nitrogens with one attached hydrogen (secondary N) is 1. The number of carbonyl (C=O) groups is 1. The molecule has 168 valence electrons. The predicted molar refractivity (Wildman–Crippen MR) is 128 cm³/mol. The lowest BCUT2D eigenvalue weighted by molar-refractivity contribution is 0.139. The highest BCUT2D eigenvalue weighted by Gasteiger charge is 2.16. The molecule has 0 spiro atoms. The molecule has 0 aliphatic rings. The third-order valence-electron chi connectivity index (χ3n) is 5.77. The van der Waals surface area contributed by atoms with E-state index in [0.29, 0.717) is 17.5 Å². The summed E-state index contributed by atoms with van der Waals surface area (Å²) in [6.45, 7) is 2.32. The molecule has 34 heavy (non-hydrogen) atoms. The van der Waals surface area contributed by atoms with E-state index in [-0.39, 0.29) is 13.1 Å². The van der Waals surface area contributed by atoms with Gasteiger partial charge in [0.05, 0.1) is 34.3 Å². The Kier molecular flexibility index (Phi) is 6.57. The summed E-state index contributed by atoms with van der Waals surface area (Å²) in [6, 6.07) is 22.8. The number of nitrogens with zero attached hydrogens (tertiary/aromatic N) is 4. The van der Waals surface area contributed by atoms with Gasteiger partial charge in [-0.15, -0.1) is 0 Å². The molecular formula is C27H23N5O2. The van der Waals surface area contributed by atoms with Crippen molar-refractivity contribution in [2.75, 3.05) is 0 Å². The number of fused-ring (bicyclic) bond motifs is 1. The van der Waals surface area contributed by atoms with Crippen molar-refractivity contribution in [3.05, 3.63) is 99.9 Å². The average Bonchev–Trinajstić information content (AvgIpc) is 3.22. The average molecular weight is 450 g/mol. The zero-order chi connectivity index (χ0) is 24.1. The Balaban J connectivity index is 1.55. The lowest BCUT2D eigenvalue weighted by Crippen LogP contribution is -2.29. The molecule has 0 radical (unpaired) electrons. The summed E-state index contributed by atoms with van der Waals surface area (Å²) in [5, 5.41) is 28.2. The van der Waals surface area contributed by atoms with E-state index in [0.717, 1.165) is 45.5 Å². The van der Waals surface area contributed by atoms with Crippen molar-refractivity contribution < 1.29 is 9.90 Å². The molecule has 7 heteroatoms. The predicted octanol–water partition coefficient (Wildman–Crippen LogP) is 5.08. The van der Waals surface area contributed by atoms with E-state index in [9.17, 15) is 15.2 Å². The molecule has 2 N–H and O–H groups in total. The summed E-state index contributed by atoms with van der Waals surface area (Å²) < 4.78 is 0. The Morgan fingerprint density at radius 2 is 1.62 bits per heavy atom. The minimum absolute atomic E-state index is 0.210. The first-order valence-corrected chi connectivity index (χ1v) is 10.9. The summed E-state index contributed by atoms with van der Waals surface area (Å²) in [5.41, 5.74) is 6.61. The van der Waals surface area contributed by atoms with Crippen LogP contribution in [0.15, 0.2) is 60.7 Å². The molecule has 0 unspecified atom stereocenters. The zero-order valence-electron chi connectivity index (χ0n) is 18.7. The Bertz CT molecular complexity index is 1420. The number of hydrogen-bond donors (Lipinski definition) is 2. The Labute approximate surface area is 197 Å². The van der Waals surface area contributed by atoms with Crippen molar-refractivity contribution in [3.63, 3.8) is 0 Å². The maximum Gasteiger partial charge on any atom is 0.407 e. The number of aryl methyl sites for hydroxylation is 3. The number of rotatable bonds is 7. The highest BCUT2D eigenvalue weighted by Crippen LogP contribution is 2.20. The van der Waals surface area contributed by atoms with Crippen molar-refractivity contribution >= 4 is 17.1 Å². The Hall–Kier alpha value is -4.62. The SMILES string of the molecule is Cc1nc2cc(CN(Cc3ccc(C#N)cc3CCc3ccc(C#N)cc3)C(=O)O)ccc2[nH]1. The molecule has 0 bridgehead atoms. The second kappa shape index (κ2) is 9.89. The minimum atomic E-state index is -1.01. The summed E-state index contributed by atoms with van der Waals surface area (Å²) >= 11 is 0. The maximum absolute atomic E-state index is 12.1. The zero-order valence-corrected chi connectivity index (χ0v) is 18.7. The molecule has 1 heterocycles. The van der Waals surface area contributed by atoms with Gasteiger partial charge in [0.1, 0.15) is 5.82 Å². The lowest BCUT2D eigenvalue weighted by atomic mass is 9.97. The molecule has 1 aromatic heterocycles. The summed E-state index contributed by atoms with van der Waals surface area (Å²) in [5.74, 6) is 0.812. The van der Waals surface area contributed by atoms with Gasteiger partial charge < -0.3 is 10.1 Å². The van der Waals surface area contributed by atoms with Crippen LogP contribution >= 0.6 is 0 Å². The van der Waals surface area contributed by atoms with Gasteiger partial charge in [0.25, 0.3) is 0 Å². The molecule has 4 rings (SSSR count). The number of H-pyrrole nitrogens is 1. The Morgan fingerprint density at radius 1 is 0.912 bits per heavy atom. The van der Waals surface area contributed by atoms with Crippen molar-refractivity contribution in [2.24, 2.45) is 0 Å². The summed E-state index contributed by atoms with van der Waals surface area (Å²) in [7, 11) is 0. The van der Waals surface area contributed by atoms with E-state index in [1.54, 1.807) is 18.2 Å². The van der Waals surface area contributed by atoms with E-state index in [4.69, 9.17) is 5.26 Å². The molecule has 0 aliphatic carbocycles. The fraction of sp³-hybridized carbons (Fsp3) is 0.185. The van der Waals surface area contributed by atoms with Gasteiger partial charge in [-0.05, 0) is 78.4 Å². The van der Waals surface area contributed by atoms with Crippen LogP contribution in [0.5, 0.6) is 0 Å². The largest absolute Gasteiger partial charge is 0.465 e. The molecule has 0 saturated heterocycles. The van der Waals surface area contributed by atoms with Gasteiger partial charge in [0, 0.05) is 13.1 Å². The highest BCUT2D eigenvalue weighted by molar-refractivity contribution is 5.76. The van der Waals surface area contributed by atoms with Crippen LogP contribution in [0.4, 0.5) is 4.79 Å². The number of carboxylic acid groups (broad SMARTS) is 1. The maximum atomic E-state index is 12.1. The molecule has 7 nitrogen and oxygen atoms in total. The van der Waals surface area contributed by atoms with Crippen LogP contribution in [0.1, 0.15) is 39.2 Å². The van der Waals surface area contributed by atoms with E-state index < -0.39 is 6.09 Å². The number of benzene rings is 3. The molecule has 4 aromatic rings. The van der Waals surface area contributed by atoms with Crippen LogP contribution in [0.3, 0.4) is 0 Å². The van der Waals surface area contributed by atoms with Crippen LogP contribution in [-0.4, -0.2) is 26.1 Å². The Morgan fingerprint density at radius 3 is 2.32 bits per heavy atom. The van der Waals surface area contributed by atoms with Crippen LogP contribution < -0.4 is 0 Å². The van der Waals surface area contributed by atoms with Gasteiger partial charge >= 0.3 is 6.09 Å². The van der Waals surface area contributed by atoms with Crippen molar-refractivity contribution in [1.29, 1.82) is 10.5 Å². The molecular weight excluding hydrogens is 426 g/mol. The van der Waals surface area contributed by atoms with Gasteiger partial charge in [-0.1, -0.05) is 24.3 Å². The molecule has 0 fully saturated rings. The van der Waals surface area contributed by atoms with Crippen LogP contribution in [-0.2, 0) is 25.9 Å². The highest BCUT2D eigenvalue weighted by atomic mass is 16.4. The first-order valence-electron chi connectivity index (χ1n) is 10.9. The number of aromatic amines is 1. The van der Waals surface area contributed by atoms with Crippen LogP contribution in [0.25, 0.3) is 11.0 Å². The quantitative estimate of drug-likeness (QED) is 0.408. The lowest BCUT2D eigenvalue weighted by Gasteiger charge is -2.21. The number of hydrogen-bond acceptors (Lipinski definition) is 4. The van der Waals surface area contributed by atoms with Gasteiger partial charge in [-0.2, -0.15) is 10.5 Å². The third kappa shape index (κ3) is 5.23. The summed E-state index contributed by atoms with van der Waals surface area (Å²) in [4.78, 5) is 21.1. The fourth-order valence-electron chi connectivity index (χ4n) is 4.00. The minimum Gasteiger partial charge on any atom is -0.465 e. The second-order valence-electron chi connectivity index (χ2n) is 8.22. The number of amides is 1. The number of aromatic nitrogens is 2.